The molecule has 5 nitrogen and oxygen atoms in total. The molecule has 5 heteroatoms. The van der Waals surface area contributed by atoms with Crippen molar-refractivity contribution in [2.45, 2.75) is 39.2 Å². The average Bonchev–Trinajstić information content (AvgIpc) is 2.92. The van der Waals surface area contributed by atoms with Crippen molar-refractivity contribution in [3.63, 3.8) is 0 Å². The second-order valence-corrected chi connectivity index (χ2v) is 5.25. The van der Waals surface area contributed by atoms with Crippen LogP contribution in [0.2, 0.25) is 0 Å². The molecule has 0 aliphatic heterocycles. The van der Waals surface area contributed by atoms with Crippen LogP contribution < -0.4 is 11.2 Å². The molecule has 16 heavy (non-hydrogen) atoms. The van der Waals surface area contributed by atoms with Gasteiger partial charge in [-0.2, -0.15) is 5.48 Å². The van der Waals surface area contributed by atoms with Gasteiger partial charge in [0.25, 0.3) is 0 Å². The van der Waals surface area contributed by atoms with Crippen LogP contribution in [0.3, 0.4) is 0 Å². The van der Waals surface area contributed by atoms with E-state index in [4.69, 9.17) is 15.3 Å². The fourth-order valence-corrected chi connectivity index (χ4v) is 1.47. The van der Waals surface area contributed by atoms with E-state index in [1.165, 1.54) is 12.8 Å². The third-order valence-electron chi connectivity index (χ3n) is 2.44. The van der Waals surface area contributed by atoms with E-state index in [9.17, 15) is 4.79 Å². The molecule has 1 atom stereocenters. The highest BCUT2D eigenvalue weighted by molar-refractivity contribution is 5.66. The van der Waals surface area contributed by atoms with Gasteiger partial charge in [-0.1, -0.05) is 0 Å². The molecule has 0 aromatic rings. The Labute approximate surface area is 96.6 Å². The second-order valence-electron chi connectivity index (χ2n) is 5.25. The summed E-state index contributed by atoms with van der Waals surface area (Å²) in [7, 11) is 0. The molecule has 0 bridgehead atoms. The highest BCUT2D eigenvalue weighted by Crippen LogP contribution is 2.36. The van der Waals surface area contributed by atoms with Crippen molar-refractivity contribution in [1.82, 2.24) is 5.48 Å². The zero-order valence-electron chi connectivity index (χ0n) is 10.3. The summed E-state index contributed by atoms with van der Waals surface area (Å²) in [6.45, 7) is 6.47. The van der Waals surface area contributed by atoms with Gasteiger partial charge in [-0.15, -0.1) is 0 Å². The van der Waals surface area contributed by atoms with Gasteiger partial charge in [-0.25, -0.2) is 4.79 Å². The lowest BCUT2D eigenvalue weighted by atomic mass is 10.1. The predicted molar refractivity (Wildman–Crippen MR) is 60.6 cm³/mol. The molecule has 1 saturated carbocycles. The number of hydroxylamine groups is 1. The Morgan fingerprint density at radius 1 is 1.50 bits per heavy atom. The summed E-state index contributed by atoms with van der Waals surface area (Å²) in [6.07, 6.45) is 1.88. The monoisotopic (exact) mass is 230 g/mol. The van der Waals surface area contributed by atoms with Crippen molar-refractivity contribution >= 4 is 6.09 Å². The highest BCUT2D eigenvalue weighted by Gasteiger charge is 2.30. The van der Waals surface area contributed by atoms with E-state index >= 15 is 0 Å². The first-order valence-electron chi connectivity index (χ1n) is 5.73. The quantitative estimate of drug-likeness (QED) is 0.701. The maximum atomic E-state index is 11.2. The molecule has 0 radical (unpaired) electrons. The van der Waals surface area contributed by atoms with Crippen molar-refractivity contribution < 1.29 is 14.4 Å². The molecule has 1 aliphatic rings. The molecule has 1 rings (SSSR count). The van der Waals surface area contributed by atoms with Crippen LogP contribution in [-0.4, -0.2) is 24.8 Å². The first-order chi connectivity index (χ1) is 7.42. The number of ether oxygens (including phenoxy) is 1. The largest absolute Gasteiger partial charge is 0.442 e. The van der Waals surface area contributed by atoms with Crippen molar-refractivity contribution in [3.05, 3.63) is 0 Å². The summed E-state index contributed by atoms with van der Waals surface area (Å²) in [4.78, 5) is 16.3. The lowest BCUT2D eigenvalue weighted by Gasteiger charge is -2.20. The summed E-state index contributed by atoms with van der Waals surface area (Å²) in [5, 5.41) is 0. The zero-order chi connectivity index (χ0) is 12.2. The molecule has 0 heterocycles. The molecule has 1 amide bonds. The molecule has 0 aromatic heterocycles. The third-order valence-corrected chi connectivity index (χ3v) is 2.44. The van der Waals surface area contributed by atoms with Gasteiger partial charge in [0.1, 0.15) is 5.60 Å². The minimum atomic E-state index is -0.556. The van der Waals surface area contributed by atoms with Crippen LogP contribution in [0.4, 0.5) is 4.79 Å². The van der Waals surface area contributed by atoms with Crippen LogP contribution in [0.5, 0.6) is 0 Å². The minimum absolute atomic E-state index is 0.343. The Morgan fingerprint density at radius 2 is 2.12 bits per heavy atom. The summed E-state index contributed by atoms with van der Waals surface area (Å²) in [6, 6.07) is 0. The Bertz CT molecular complexity index is 234. The molecular weight excluding hydrogens is 208 g/mol. The summed E-state index contributed by atoms with van der Waals surface area (Å²) in [5.41, 5.74) is 7.38. The lowest BCUT2D eigenvalue weighted by Crippen LogP contribution is -2.34. The average molecular weight is 230 g/mol. The van der Waals surface area contributed by atoms with E-state index in [-0.39, 0.29) is 0 Å². The van der Waals surface area contributed by atoms with Crippen molar-refractivity contribution in [1.29, 1.82) is 0 Å². The van der Waals surface area contributed by atoms with Crippen LogP contribution >= 0.6 is 0 Å². The fraction of sp³-hybridized carbons (Fsp3) is 0.909. The van der Waals surface area contributed by atoms with Crippen LogP contribution in [0, 0.1) is 11.8 Å². The van der Waals surface area contributed by atoms with Crippen molar-refractivity contribution in [2.24, 2.45) is 17.6 Å². The van der Waals surface area contributed by atoms with Gasteiger partial charge in [0.15, 0.2) is 0 Å². The summed E-state index contributed by atoms with van der Waals surface area (Å²) < 4.78 is 5.02. The van der Waals surface area contributed by atoms with Crippen LogP contribution in [0.25, 0.3) is 0 Å². The smallest absolute Gasteiger partial charge is 0.431 e. The molecule has 1 aliphatic carbocycles. The molecule has 94 valence electrons. The first kappa shape index (κ1) is 13.3. The summed E-state index contributed by atoms with van der Waals surface area (Å²) in [5.74, 6) is 1.01. The molecular formula is C11H22N2O3. The zero-order valence-corrected chi connectivity index (χ0v) is 10.3. The lowest BCUT2D eigenvalue weighted by molar-refractivity contribution is -0.0189. The summed E-state index contributed by atoms with van der Waals surface area (Å²) >= 11 is 0. The standard InChI is InChI=1S/C11H22N2O3/c1-11(2,3)16-10(14)13-15-7-9(6-12)8-4-5-8/h8-9H,4-7,12H2,1-3H3,(H,13,14). The topological polar surface area (TPSA) is 73.6 Å². The predicted octanol–water partition coefficient (Wildman–Crippen LogP) is 1.43. The molecule has 3 N–H and O–H groups in total. The van der Waals surface area contributed by atoms with Crippen LogP contribution in [0.1, 0.15) is 33.6 Å². The number of amides is 1. The number of nitrogens with one attached hydrogen (secondary N) is 1. The van der Waals surface area contributed by atoms with Gasteiger partial charge in [-0.05, 0) is 52.0 Å². The van der Waals surface area contributed by atoms with Crippen LogP contribution in [0.15, 0.2) is 0 Å². The number of hydrogen-bond acceptors (Lipinski definition) is 4. The number of carbonyl (C=O) groups is 1. The Kier molecular flexibility index (Phi) is 4.56. The van der Waals surface area contributed by atoms with Gasteiger partial charge in [0.2, 0.25) is 0 Å². The van der Waals surface area contributed by atoms with E-state index in [2.05, 4.69) is 5.48 Å². The minimum Gasteiger partial charge on any atom is -0.442 e. The van der Waals surface area contributed by atoms with Gasteiger partial charge in [-0.3, -0.25) is 4.84 Å². The van der Waals surface area contributed by atoms with E-state index in [1.54, 1.807) is 20.8 Å². The highest BCUT2D eigenvalue weighted by atomic mass is 16.7. The van der Waals surface area contributed by atoms with Gasteiger partial charge in [0.05, 0.1) is 6.61 Å². The van der Waals surface area contributed by atoms with Gasteiger partial charge in [0, 0.05) is 0 Å². The number of carbonyl (C=O) groups excluding carboxylic acids is 1. The van der Waals surface area contributed by atoms with E-state index in [0.717, 1.165) is 0 Å². The number of nitrogens with two attached hydrogens (primary N) is 1. The normalized spacial score (nSPS) is 18.0. The van der Waals surface area contributed by atoms with E-state index in [1.807, 2.05) is 0 Å². The Morgan fingerprint density at radius 3 is 2.56 bits per heavy atom. The van der Waals surface area contributed by atoms with Gasteiger partial charge >= 0.3 is 6.09 Å². The second kappa shape index (κ2) is 5.50. The van der Waals surface area contributed by atoms with E-state index < -0.39 is 11.7 Å². The molecule has 0 saturated heterocycles. The number of rotatable bonds is 5. The molecule has 1 unspecified atom stereocenters. The molecule has 0 spiro atoms. The first-order valence-corrected chi connectivity index (χ1v) is 5.73. The Balaban J connectivity index is 2.12. The third kappa shape index (κ3) is 5.32. The number of hydrogen-bond donors (Lipinski definition) is 2. The van der Waals surface area contributed by atoms with E-state index in [0.29, 0.717) is 25.0 Å². The van der Waals surface area contributed by atoms with Gasteiger partial charge < -0.3 is 10.5 Å². The molecule has 0 aromatic carbocycles. The SMILES string of the molecule is CC(C)(C)OC(=O)NOCC(CN)C1CC1. The Hall–Kier alpha value is -0.810. The fourth-order valence-electron chi connectivity index (χ4n) is 1.47. The van der Waals surface area contributed by atoms with Crippen LogP contribution in [-0.2, 0) is 9.57 Å². The maximum absolute atomic E-state index is 11.2. The van der Waals surface area contributed by atoms with Crippen molar-refractivity contribution in [3.8, 4) is 0 Å². The maximum Gasteiger partial charge on any atom is 0.431 e. The van der Waals surface area contributed by atoms with Crippen molar-refractivity contribution in [2.75, 3.05) is 13.2 Å². The molecule has 1 fully saturated rings.